The predicted molar refractivity (Wildman–Crippen MR) is 51.5 cm³/mol. The van der Waals surface area contributed by atoms with Crippen molar-refractivity contribution in [3.63, 3.8) is 0 Å². The summed E-state index contributed by atoms with van der Waals surface area (Å²) in [4.78, 5) is 0. The fourth-order valence-electron chi connectivity index (χ4n) is 0.802. The second kappa shape index (κ2) is 6.87. The second-order valence-electron chi connectivity index (χ2n) is 2.83. The Bertz CT molecular complexity index is 254. The van der Waals surface area contributed by atoms with Gasteiger partial charge in [0.1, 0.15) is 0 Å². The summed E-state index contributed by atoms with van der Waals surface area (Å²) in [5.41, 5.74) is 0. The number of nitrogens with zero attached hydrogens (tertiary/aromatic N) is 1. The first-order valence-electron chi connectivity index (χ1n) is 4.46. The molecule has 0 aliphatic carbocycles. The summed E-state index contributed by atoms with van der Waals surface area (Å²) >= 11 is 0. The van der Waals surface area contributed by atoms with Gasteiger partial charge in [0.05, 0.1) is 11.8 Å². The predicted octanol–water partition coefficient (Wildman–Crippen LogP) is 1.01. The zero-order chi connectivity index (χ0) is 10.2. The van der Waals surface area contributed by atoms with E-state index in [9.17, 15) is 8.42 Å². The highest BCUT2D eigenvalue weighted by Crippen LogP contribution is 1.94. The maximum atomic E-state index is 11.2. The van der Waals surface area contributed by atoms with Gasteiger partial charge in [0, 0.05) is 13.0 Å². The number of nitriles is 1. The summed E-state index contributed by atoms with van der Waals surface area (Å²) in [6.07, 6.45) is 2.55. The number of hydrogen-bond acceptors (Lipinski definition) is 3. The van der Waals surface area contributed by atoms with Crippen molar-refractivity contribution >= 4 is 10.0 Å². The molecule has 0 fully saturated rings. The Morgan fingerprint density at radius 1 is 1.38 bits per heavy atom. The average molecular weight is 204 g/mol. The molecule has 0 spiro atoms. The van der Waals surface area contributed by atoms with Crippen molar-refractivity contribution in [3.8, 4) is 6.07 Å². The molecule has 4 nitrogen and oxygen atoms in total. The van der Waals surface area contributed by atoms with Gasteiger partial charge in [-0.3, -0.25) is 0 Å². The van der Waals surface area contributed by atoms with E-state index in [1.807, 2.05) is 13.0 Å². The normalized spacial score (nSPS) is 11.1. The lowest BCUT2D eigenvalue weighted by Crippen LogP contribution is -2.27. The van der Waals surface area contributed by atoms with Gasteiger partial charge in [0.2, 0.25) is 10.0 Å². The molecule has 0 bridgehead atoms. The minimum absolute atomic E-state index is 0.191. The van der Waals surface area contributed by atoms with Crippen LogP contribution in [0.25, 0.3) is 0 Å². The van der Waals surface area contributed by atoms with E-state index in [1.165, 1.54) is 0 Å². The topological polar surface area (TPSA) is 70.0 Å². The third-order valence-electron chi connectivity index (χ3n) is 1.55. The Labute approximate surface area is 80.0 Å². The quantitative estimate of drug-likeness (QED) is 0.629. The van der Waals surface area contributed by atoms with Crippen LogP contribution >= 0.6 is 0 Å². The first-order chi connectivity index (χ1) is 6.12. The largest absolute Gasteiger partial charge is 0.215 e. The van der Waals surface area contributed by atoms with Crippen LogP contribution in [0, 0.1) is 11.3 Å². The molecular formula is C8H16N2O2S. The molecule has 13 heavy (non-hydrogen) atoms. The number of unbranched alkanes of at least 4 members (excludes halogenated alkanes) is 2. The SMILES string of the molecule is CCCCS(=O)(=O)NCCCC#N. The van der Waals surface area contributed by atoms with Crippen molar-refractivity contribution in [1.29, 1.82) is 5.26 Å². The molecule has 0 radical (unpaired) electrons. The summed E-state index contributed by atoms with van der Waals surface area (Å²) in [5, 5.41) is 8.21. The summed E-state index contributed by atoms with van der Waals surface area (Å²) < 4.78 is 24.8. The Balaban J connectivity index is 3.59. The highest BCUT2D eigenvalue weighted by atomic mass is 32.2. The molecule has 0 unspecified atom stereocenters. The van der Waals surface area contributed by atoms with E-state index in [4.69, 9.17) is 5.26 Å². The van der Waals surface area contributed by atoms with Gasteiger partial charge in [-0.1, -0.05) is 13.3 Å². The minimum atomic E-state index is -3.08. The summed E-state index contributed by atoms with van der Waals surface area (Å²) in [6.45, 7) is 2.32. The molecule has 0 amide bonds. The van der Waals surface area contributed by atoms with E-state index in [-0.39, 0.29) is 5.75 Å². The zero-order valence-corrected chi connectivity index (χ0v) is 8.73. The smallest absolute Gasteiger partial charge is 0.211 e. The van der Waals surface area contributed by atoms with Crippen molar-refractivity contribution < 1.29 is 8.42 Å². The van der Waals surface area contributed by atoms with Crippen LogP contribution in [-0.2, 0) is 10.0 Å². The summed E-state index contributed by atoms with van der Waals surface area (Å²) in [6, 6.07) is 1.96. The van der Waals surface area contributed by atoms with Gasteiger partial charge in [-0.05, 0) is 12.8 Å². The van der Waals surface area contributed by atoms with Crippen LogP contribution in [0.5, 0.6) is 0 Å². The van der Waals surface area contributed by atoms with Crippen molar-refractivity contribution in [2.24, 2.45) is 0 Å². The van der Waals surface area contributed by atoms with Gasteiger partial charge in [0.25, 0.3) is 0 Å². The van der Waals surface area contributed by atoms with Crippen LogP contribution in [0.1, 0.15) is 32.6 Å². The molecule has 0 aromatic rings. The second-order valence-corrected chi connectivity index (χ2v) is 4.75. The third-order valence-corrected chi connectivity index (χ3v) is 3.02. The molecule has 0 saturated carbocycles. The molecule has 0 saturated heterocycles. The maximum absolute atomic E-state index is 11.2. The Kier molecular flexibility index (Phi) is 6.55. The summed E-state index contributed by atoms with van der Waals surface area (Å²) in [7, 11) is -3.08. The van der Waals surface area contributed by atoms with Crippen molar-refractivity contribution in [2.45, 2.75) is 32.6 Å². The number of hydrogen-bond donors (Lipinski definition) is 1. The fraction of sp³-hybridized carbons (Fsp3) is 0.875. The molecule has 0 heterocycles. The molecule has 1 N–H and O–H groups in total. The van der Waals surface area contributed by atoms with E-state index in [2.05, 4.69) is 4.72 Å². The van der Waals surface area contributed by atoms with Crippen LogP contribution in [0.3, 0.4) is 0 Å². The lowest BCUT2D eigenvalue weighted by Gasteiger charge is -2.03. The molecule has 0 aromatic heterocycles. The van der Waals surface area contributed by atoms with Gasteiger partial charge >= 0.3 is 0 Å². The minimum Gasteiger partial charge on any atom is -0.215 e. The molecule has 0 atom stereocenters. The third kappa shape index (κ3) is 7.75. The molecule has 0 rings (SSSR count). The van der Waals surface area contributed by atoms with E-state index in [1.54, 1.807) is 0 Å². The Morgan fingerprint density at radius 2 is 2.08 bits per heavy atom. The fourth-order valence-corrected chi connectivity index (χ4v) is 2.07. The molecular weight excluding hydrogens is 188 g/mol. The van der Waals surface area contributed by atoms with E-state index in [0.717, 1.165) is 6.42 Å². The zero-order valence-electron chi connectivity index (χ0n) is 7.91. The standard InChI is InChI=1S/C8H16N2O2S/c1-2-3-8-13(11,12)10-7-5-4-6-9/h10H,2-5,7-8H2,1H3. The first kappa shape index (κ1) is 12.4. The van der Waals surface area contributed by atoms with Crippen molar-refractivity contribution in [2.75, 3.05) is 12.3 Å². The molecule has 0 aromatic carbocycles. The van der Waals surface area contributed by atoms with Crippen LogP contribution in [0.15, 0.2) is 0 Å². The molecule has 0 aliphatic rings. The van der Waals surface area contributed by atoms with Gasteiger partial charge in [-0.25, -0.2) is 13.1 Å². The van der Waals surface area contributed by atoms with Gasteiger partial charge in [-0.2, -0.15) is 5.26 Å². The maximum Gasteiger partial charge on any atom is 0.211 e. The summed E-state index contributed by atoms with van der Waals surface area (Å²) in [5.74, 6) is 0.191. The Morgan fingerprint density at radius 3 is 2.62 bits per heavy atom. The molecule has 5 heteroatoms. The van der Waals surface area contributed by atoms with E-state index in [0.29, 0.717) is 25.8 Å². The number of sulfonamides is 1. The number of nitrogens with one attached hydrogen (secondary N) is 1. The molecule has 0 aliphatic heterocycles. The van der Waals surface area contributed by atoms with Gasteiger partial charge in [-0.15, -0.1) is 0 Å². The van der Waals surface area contributed by atoms with Gasteiger partial charge in [0.15, 0.2) is 0 Å². The highest BCUT2D eigenvalue weighted by molar-refractivity contribution is 7.89. The van der Waals surface area contributed by atoms with Crippen LogP contribution in [0.4, 0.5) is 0 Å². The monoisotopic (exact) mass is 204 g/mol. The lowest BCUT2D eigenvalue weighted by molar-refractivity contribution is 0.576. The van der Waals surface area contributed by atoms with Crippen molar-refractivity contribution in [3.05, 3.63) is 0 Å². The highest BCUT2D eigenvalue weighted by Gasteiger charge is 2.07. The first-order valence-corrected chi connectivity index (χ1v) is 6.12. The van der Waals surface area contributed by atoms with Crippen LogP contribution in [-0.4, -0.2) is 20.7 Å². The van der Waals surface area contributed by atoms with Crippen molar-refractivity contribution in [1.82, 2.24) is 4.72 Å². The van der Waals surface area contributed by atoms with Crippen LogP contribution < -0.4 is 4.72 Å². The van der Waals surface area contributed by atoms with Crippen LogP contribution in [0.2, 0.25) is 0 Å². The average Bonchev–Trinajstić information content (AvgIpc) is 2.09. The Hall–Kier alpha value is -0.600. The van der Waals surface area contributed by atoms with E-state index >= 15 is 0 Å². The van der Waals surface area contributed by atoms with E-state index < -0.39 is 10.0 Å². The lowest BCUT2D eigenvalue weighted by atomic mass is 10.3. The van der Waals surface area contributed by atoms with Gasteiger partial charge < -0.3 is 0 Å². The molecule has 76 valence electrons. The number of rotatable bonds is 7.